The molecule has 3 nitrogen and oxygen atoms in total. The van der Waals surface area contributed by atoms with Gasteiger partial charge in [-0.1, -0.05) is 6.07 Å². The van der Waals surface area contributed by atoms with Gasteiger partial charge in [-0.25, -0.2) is 8.42 Å². The van der Waals surface area contributed by atoms with Crippen LogP contribution in [0, 0.1) is 0 Å². The van der Waals surface area contributed by atoms with Crippen LogP contribution in [0.15, 0.2) is 29.2 Å². The molecule has 1 fully saturated rings. The maximum absolute atomic E-state index is 11.3. The number of hydrogen-bond donors (Lipinski definition) is 1. The van der Waals surface area contributed by atoms with E-state index in [2.05, 4.69) is 0 Å². The van der Waals surface area contributed by atoms with Gasteiger partial charge in [-0.3, -0.25) is 0 Å². The van der Waals surface area contributed by atoms with Crippen molar-refractivity contribution >= 4 is 27.3 Å². The first-order valence-electron chi connectivity index (χ1n) is 4.78. The summed E-state index contributed by atoms with van der Waals surface area (Å²) in [6.45, 7) is 0. The van der Waals surface area contributed by atoms with Gasteiger partial charge in [0.25, 0.3) is 0 Å². The monoisotopic (exact) mass is 243 g/mol. The first-order valence-corrected chi connectivity index (χ1v) is 7.48. The zero-order valence-corrected chi connectivity index (χ0v) is 9.85. The predicted octanol–water partition coefficient (Wildman–Crippen LogP) is 1.55. The molecule has 0 bridgehead atoms. The maximum atomic E-state index is 11.3. The minimum Gasteiger partial charge on any atom is -0.399 e. The lowest BCUT2D eigenvalue weighted by Crippen LogP contribution is -2.05. The molecular weight excluding hydrogens is 230 g/mol. The fourth-order valence-electron chi connectivity index (χ4n) is 1.63. The first kappa shape index (κ1) is 10.8. The zero-order valence-electron chi connectivity index (χ0n) is 8.22. The molecule has 15 heavy (non-hydrogen) atoms. The summed E-state index contributed by atoms with van der Waals surface area (Å²) in [4.78, 5) is 1.05. The lowest BCUT2D eigenvalue weighted by atomic mass is 10.3. The first-order chi connectivity index (χ1) is 7.05. The molecule has 2 N–H and O–H groups in total. The van der Waals surface area contributed by atoms with E-state index >= 15 is 0 Å². The number of rotatable bonds is 2. The van der Waals surface area contributed by atoms with Gasteiger partial charge in [0, 0.05) is 15.8 Å². The number of nitrogens with two attached hydrogens (primary N) is 1. The van der Waals surface area contributed by atoms with Crippen molar-refractivity contribution in [2.45, 2.75) is 16.6 Å². The van der Waals surface area contributed by atoms with Crippen LogP contribution in [0.25, 0.3) is 0 Å². The van der Waals surface area contributed by atoms with Crippen molar-refractivity contribution < 1.29 is 8.42 Å². The van der Waals surface area contributed by atoms with Crippen molar-refractivity contribution in [3.63, 3.8) is 0 Å². The summed E-state index contributed by atoms with van der Waals surface area (Å²) < 4.78 is 22.5. The summed E-state index contributed by atoms with van der Waals surface area (Å²) in [7, 11) is -2.78. The smallest absolute Gasteiger partial charge is 0.151 e. The number of thioether (sulfide) groups is 1. The van der Waals surface area contributed by atoms with Gasteiger partial charge in [-0.05, 0) is 24.6 Å². The summed E-state index contributed by atoms with van der Waals surface area (Å²) >= 11 is 1.61. The molecule has 1 aromatic rings. The largest absolute Gasteiger partial charge is 0.399 e. The Labute approximate surface area is 94.0 Å². The van der Waals surface area contributed by atoms with Crippen molar-refractivity contribution in [2.75, 3.05) is 17.2 Å². The lowest BCUT2D eigenvalue weighted by Gasteiger charge is -2.07. The minimum absolute atomic E-state index is 0.191. The van der Waals surface area contributed by atoms with Gasteiger partial charge in [-0.15, -0.1) is 11.8 Å². The molecule has 1 atom stereocenters. The second-order valence-electron chi connectivity index (χ2n) is 3.72. The summed E-state index contributed by atoms with van der Waals surface area (Å²) in [5, 5.41) is 0.191. The van der Waals surface area contributed by atoms with E-state index in [0.29, 0.717) is 11.5 Å². The van der Waals surface area contributed by atoms with Crippen LogP contribution < -0.4 is 5.73 Å². The highest BCUT2D eigenvalue weighted by molar-refractivity contribution is 8.01. The van der Waals surface area contributed by atoms with Gasteiger partial charge >= 0.3 is 0 Å². The van der Waals surface area contributed by atoms with E-state index in [4.69, 9.17) is 5.73 Å². The van der Waals surface area contributed by atoms with Crippen LogP contribution in [0.4, 0.5) is 5.69 Å². The van der Waals surface area contributed by atoms with Crippen LogP contribution in [-0.2, 0) is 9.84 Å². The average molecular weight is 243 g/mol. The van der Waals surface area contributed by atoms with Crippen LogP contribution >= 0.6 is 11.8 Å². The van der Waals surface area contributed by atoms with E-state index in [0.717, 1.165) is 17.0 Å². The molecule has 0 aliphatic carbocycles. The van der Waals surface area contributed by atoms with Crippen LogP contribution in [0.5, 0.6) is 0 Å². The number of nitrogen functional groups attached to an aromatic ring is 1. The fourth-order valence-corrected chi connectivity index (χ4v) is 5.20. The van der Waals surface area contributed by atoms with Gasteiger partial charge in [-0.2, -0.15) is 0 Å². The quantitative estimate of drug-likeness (QED) is 0.801. The van der Waals surface area contributed by atoms with Crippen molar-refractivity contribution in [3.8, 4) is 0 Å². The minimum atomic E-state index is -2.78. The highest BCUT2D eigenvalue weighted by Crippen LogP contribution is 2.31. The molecule has 0 saturated carbocycles. The lowest BCUT2D eigenvalue weighted by molar-refractivity contribution is 0.602. The van der Waals surface area contributed by atoms with Crippen molar-refractivity contribution in [1.82, 2.24) is 0 Å². The highest BCUT2D eigenvalue weighted by Gasteiger charge is 2.28. The van der Waals surface area contributed by atoms with E-state index in [9.17, 15) is 8.42 Å². The summed E-state index contributed by atoms with van der Waals surface area (Å²) in [6.07, 6.45) is 0.752. The molecule has 0 radical (unpaired) electrons. The topological polar surface area (TPSA) is 60.2 Å². The maximum Gasteiger partial charge on any atom is 0.151 e. The van der Waals surface area contributed by atoms with Gasteiger partial charge < -0.3 is 5.73 Å². The van der Waals surface area contributed by atoms with E-state index in [1.807, 2.05) is 24.3 Å². The van der Waals surface area contributed by atoms with Crippen LogP contribution in [-0.4, -0.2) is 25.2 Å². The van der Waals surface area contributed by atoms with E-state index < -0.39 is 9.84 Å². The average Bonchev–Trinajstić information content (AvgIpc) is 2.45. The summed E-state index contributed by atoms with van der Waals surface area (Å²) in [5.74, 6) is 0.624. The molecule has 1 unspecified atom stereocenters. The predicted molar refractivity (Wildman–Crippen MR) is 63.8 cm³/mol. The normalized spacial score (nSPS) is 24.1. The molecule has 1 heterocycles. The zero-order chi connectivity index (χ0) is 10.9. The standard InChI is InChI=1S/C10H13NO2S2/c11-8-2-1-3-9(6-8)14-10-4-5-15(12,13)7-10/h1-3,6,10H,4-5,7,11H2. The second kappa shape index (κ2) is 4.06. The Kier molecular flexibility index (Phi) is 2.93. The van der Waals surface area contributed by atoms with Crippen molar-refractivity contribution in [3.05, 3.63) is 24.3 Å². The Morgan fingerprint density at radius 2 is 2.20 bits per heavy atom. The summed E-state index contributed by atoms with van der Waals surface area (Å²) in [6, 6.07) is 7.57. The van der Waals surface area contributed by atoms with Crippen LogP contribution in [0.3, 0.4) is 0 Å². The molecule has 0 amide bonds. The number of sulfone groups is 1. The SMILES string of the molecule is Nc1cccc(SC2CCS(=O)(=O)C2)c1. The molecule has 1 aliphatic heterocycles. The second-order valence-corrected chi connectivity index (χ2v) is 7.32. The Hall–Kier alpha value is -0.680. The molecular formula is C10H13NO2S2. The molecule has 0 spiro atoms. The van der Waals surface area contributed by atoms with Gasteiger partial charge in [0.15, 0.2) is 9.84 Å². The Balaban J connectivity index is 2.05. The van der Waals surface area contributed by atoms with Crippen molar-refractivity contribution in [2.24, 2.45) is 0 Å². The third-order valence-corrected chi connectivity index (χ3v) is 5.59. The van der Waals surface area contributed by atoms with E-state index in [1.165, 1.54) is 0 Å². The highest BCUT2D eigenvalue weighted by atomic mass is 32.2. The molecule has 0 aromatic heterocycles. The third kappa shape index (κ3) is 2.89. The van der Waals surface area contributed by atoms with E-state index in [-0.39, 0.29) is 5.25 Å². The summed E-state index contributed by atoms with van der Waals surface area (Å²) in [5.41, 5.74) is 6.38. The third-order valence-electron chi connectivity index (χ3n) is 2.35. The Morgan fingerprint density at radius 1 is 1.40 bits per heavy atom. The molecule has 1 aromatic carbocycles. The molecule has 1 aliphatic rings. The van der Waals surface area contributed by atoms with Gasteiger partial charge in [0.2, 0.25) is 0 Å². The Morgan fingerprint density at radius 3 is 2.80 bits per heavy atom. The Bertz CT molecular complexity index is 456. The molecule has 5 heteroatoms. The molecule has 82 valence electrons. The number of hydrogen-bond acceptors (Lipinski definition) is 4. The van der Waals surface area contributed by atoms with Crippen LogP contribution in [0.1, 0.15) is 6.42 Å². The molecule has 1 saturated heterocycles. The van der Waals surface area contributed by atoms with Crippen LogP contribution in [0.2, 0.25) is 0 Å². The molecule has 2 rings (SSSR count). The van der Waals surface area contributed by atoms with Gasteiger partial charge in [0.05, 0.1) is 11.5 Å². The number of benzene rings is 1. The fraction of sp³-hybridized carbons (Fsp3) is 0.400. The van der Waals surface area contributed by atoms with Gasteiger partial charge in [0.1, 0.15) is 0 Å². The van der Waals surface area contributed by atoms with Crippen molar-refractivity contribution in [1.29, 1.82) is 0 Å². The van der Waals surface area contributed by atoms with E-state index in [1.54, 1.807) is 11.8 Å². The number of anilines is 1.